The van der Waals surface area contributed by atoms with Crippen molar-refractivity contribution >= 4 is 5.91 Å². The van der Waals surface area contributed by atoms with E-state index in [-0.39, 0.29) is 13.0 Å². The Morgan fingerprint density at radius 1 is 1.13 bits per heavy atom. The zero-order valence-electron chi connectivity index (χ0n) is 7.67. The molecule has 0 rings (SSSR count). The summed E-state index contributed by atoms with van der Waals surface area (Å²) >= 11 is 0. The van der Waals surface area contributed by atoms with Crippen LogP contribution in [0.25, 0.3) is 0 Å². The molecule has 8 heteroatoms. The minimum absolute atomic E-state index is 0.221. The van der Waals surface area contributed by atoms with Gasteiger partial charge in [-0.2, -0.15) is 26.3 Å². The number of carbonyl (C=O) groups excluding carboxylic acids is 1. The second-order valence-electron chi connectivity index (χ2n) is 2.81. The second-order valence-corrected chi connectivity index (χ2v) is 2.81. The van der Waals surface area contributed by atoms with E-state index in [9.17, 15) is 31.1 Å². The van der Waals surface area contributed by atoms with Gasteiger partial charge < -0.3 is 5.32 Å². The van der Waals surface area contributed by atoms with Crippen molar-refractivity contribution in [1.29, 1.82) is 0 Å². The van der Waals surface area contributed by atoms with E-state index in [0.717, 1.165) is 0 Å². The van der Waals surface area contributed by atoms with Crippen molar-refractivity contribution in [3.8, 4) is 0 Å². The number of rotatable bonds is 3. The Morgan fingerprint density at radius 3 is 1.80 bits per heavy atom. The number of alkyl halides is 6. The maximum Gasteiger partial charge on any atom is 0.409 e. The van der Waals surface area contributed by atoms with Crippen LogP contribution in [-0.2, 0) is 4.79 Å². The highest BCUT2D eigenvalue weighted by Crippen LogP contribution is 2.39. The van der Waals surface area contributed by atoms with Gasteiger partial charge in [-0.05, 0) is 6.42 Å². The molecular formula is C7H9F6NO. The van der Waals surface area contributed by atoms with Gasteiger partial charge in [-0.1, -0.05) is 6.92 Å². The topological polar surface area (TPSA) is 29.1 Å². The zero-order chi connectivity index (χ0) is 12.3. The first-order valence-electron chi connectivity index (χ1n) is 4.01. The average molecular weight is 237 g/mol. The number of hydrogen-bond acceptors (Lipinski definition) is 1. The van der Waals surface area contributed by atoms with E-state index in [0.29, 0.717) is 0 Å². The van der Waals surface area contributed by atoms with Gasteiger partial charge in [0.2, 0.25) is 11.8 Å². The molecular weight excluding hydrogens is 228 g/mol. The van der Waals surface area contributed by atoms with Crippen molar-refractivity contribution in [3.63, 3.8) is 0 Å². The van der Waals surface area contributed by atoms with Crippen molar-refractivity contribution in [2.75, 3.05) is 6.54 Å². The summed E-state index contributed by atoms with van der Waals surface area (Å²) in [6.07, 6.45) is -11.0. The molecule has 0 aromatic heterocycles. The molecule has 0 spiro atoms. The Morgan fingerprint density at radius 2 is 1.53 bits per heavy atom. The van der Waals surface area contributed by atoms with Gasteiger partial charge in [0.15, 0.2) is 0 Å². The molecule has 90 valence electrons. The molecule has 0 radical (unpaired) electrons. The van der Waals surface area contributed by atoms with Gasteiger partial charge in [0, 0.05) is 6.54 Å². The first kappa shape index (κ1) is 14.0. The molecule has 0 bridgehead atoms. The highest BCUT2D eigenvalue weighted by molar-refractivity contribution is 5.80. The maximum absolute atomic E-state index is 11.9. The molecule has 0 unspecified atom stereocenters. The maximum atomic E-state index is 11.9. The van der Waals surface area contributed by atoms with Crippen LogP contribution >= 0.6 is 0 Å². The summed E-state index contributed by atoms with van der Waals surface area (Å²) in [6.45, 7) is 1.29. The minimum atomic E-state index is -5.62. The lowest BCUT2D eigenvalue weighted by atomic mass is 10.1. The molecule has 0 saturated heterocycles. The molecule has 2 nitrogen and oxygen atoms in total. The molecule has 0 aliphatic heterocycles. The van der Waals surface area contributed by atoms with Crippen LogP contribution in [0.2, 0.25) is 0 Å². The summed E-state index contributed by atoms with van der Waals surface area (Å²) in [5.41, 5.74) is 0. The van der Waals surface area contributed by atoms with Crippen LogP contribution in [0.3, 0.4) is 0 Å². The van der Waals surface area contributed by atoms with Crippen molar-refractivity contribution in [3.05, 3.63) is 0 Å². The largest absolute Gasteiger partial charge is 0.409 e. The van der Waals surface area contributed by atoms with Gasteiger partial charge in [0.05, 0.1) is 0 Å². The Hall–Kier alpha value is -0.950. The fourth-order valence-electron chi connectivity index (χ4n) is 0.833. The van der Waals surface area contributed by atoms with Crippen LogP contribution in [-0.4, -0.2) is 24.8 Å². The molecule has 0 aliphatic rings. The van der Waals surface area contributed by atoms with Crippen molar-refractivity contribution in [2.45, 2.75) is 25.7 Å². The summed E-state index contributed by atoms with van der Waals surface area (Å²) in [6, 6.07) is 0. The SMILES string of the molecule is CCCNC(=O)C(C(F)(F)F)C(F)(F)F. The third-order valence-corrected chi connectivity index (χ3v) is 1.47. The van der Waals surface area contributed by atoms with Gasteiger partial charge >= 0.3 is 12.4 Å². The Labute approximate surface area is 81.6 Å². The second kappa shape index (κ2) is 4.71. The van der Waals surface area contributed by atoms with Crippen molar-refractivity contribution in [2.24, 2.45) is 5.92 Å². The highest BCUT2D eigenvalue weighted by atomic mass is 19.4. The van der Waals surface area contributed by atoms with E-state index in [2.05, 4.69) is 0 Å². The molecule has 1 amide bonds. The predicted octanol–water partition coefficient (Wildman–Crippen LogP) is 2.25. The number of nitrogens with one attached hydrogen (secondary N) is 1. The van der Waals surface area contributed by atoms with Crippen LogP contribution in [0.15, 0.2) is 0 Å². The number of hydrogen-bond donors (Lipinski definition) is 1. The van der Waals surface area contributed by atoms with E-state index < -0.39 is 24.2 Å². The molecule has 0 atom stereocenters. The van der Waals surface area contributed by atoms with Crippen LogP contribution in [0.5, 0.6) is 0 Å². The monoisotopic (exact) mass is 237 g/mol. The normalized spacial score (nSPS) is 13.1. The van der Waals surface area contributed by atoms with Gasteiger partial charge in [-0.25, -0.2) is 0 Å². The molecule has 0 fully saturated rings. The van der Waals surface area contributed by atoms with Crippen LogP contribution in [0, 0.1) is 5.92 Å². The Bertz CT molecular complexity index is 207. The first-order valence-corrected chi connectivity index (χ1v) is 4.01. The molecule has 0 aromatic rings. The number of carbonyl (C=O) groups is 1. The summed E-state index contributed by atoms with van der Waals surface area (Å²) in [7, 11) is 0. The lowest BCUT2D eigenvalue weighted by molar-refractivity contribution is -0.274. The number of halogens is 6. The van der Waals surface area contributed by atoms with Crippen molar-refractivity contribution < 1.29 is 31.1 Å². The highest BCUT2D eigenvalue weighted by Gasteiger charge is 2.60. The van der Waals surface area contributed by atoms with E-state index in [1.807, 2.05) is 0 Å². The fraction of sp³-hybridized carbons (Fsp3) is 0.857. The minimum Gasteiger partial charge on any atom is -0.355 e. The summed E-state index contributed by atoms with van der Waals surface area (Å²) in [4.78, 5) is 10.6. The van der Waals surface area contributed by atoms with E-state index >= 15 is 0 Å². The zero-order valence-corrected chi connectivity index (χ0v) is 7.67. The first-order chi connectivity index (χ1) is 6.60. The standard InChI is InChI=1S/C7H9F6NO/c1-2-3-14-5(15)4(6(8,9)10)7(11,12)13/h4H,2-3H2,1H3,(H,14,15). The Kier molecular flexibility index (Phi) is 4.42. The van der Waals surface area contributed by atoms with Crippen LogP contribution < -0.4 is 5.32 Å². The Balaban J connectivity index is 4.74. The van der Waals surface area contributed by atoms with Gasteiger partial charge in [-0.3, -0.25) is 4.79 Å². The average Bonchev–Trinajstić information content (AvgIpc) is 1.94. The lowest BCUT2D eigenvalue weighted by Gasteiger charge is -2.21. The third kappa shape index (κ3) is 4.39. The predicted molar refractivity (Wildman–Crippen MR) is 38.9 cm³/mol. The smallest absolute Gasteiger partial charge is 0.355 e. The molecule has 0 heterocycles. The summed E-state index contributed by atoms with van der Waals surface area (Å²) < 4.78 is 71.5. The summed E-state index contributed by atoms with van der Waals surface area (Å²) in [5, 5.41) is 1.57. The summed E-state index contributed by atoms with van der Waals surface area (Å²) in [5.74, 6) is -6.01. The third-order valence-electron chi connectivity index (χ3n) is 1.47. The fourth-order valence-corrected chi connectivity index (χ4v) is 0.833. The molecule has 0 aliphatic carbocycles. The van der Waals surface area contributed by atoms with Gasteiger partial charge in [-0.15, -0.1) is 0 Å². The van der Waals surface area contributed by atoms with Gasteiger partial charge in [0.1, 0.15) is 0 Å². The molecule has 0 aromatic carbocycles. The molecule has 0 saturated carbocycles. The number of amides is 1. The van der Waals surface area contributed by atoms with E-state index in [1.165, 1.54) is 6.92 Å². The quantitative estimate of drug-likeness (QED) is 0.749. The lowest BCUT2D eigenvalue weighted by Crippen LogP contribution is -2.48. The molecule has 1 N–H and O–H groups in total. The van der Waals surface area contributed by atoms with Crippen molar-refractivity contribution in [1.82, 2.24) is 5.32 Å². The van der Waals surface area contributed by atoms with Crippen LogP contribution in [0.1, 0.15) is 13.3 Å². The van der Waals surface area contributed by atoms with Gasteiger partial charge in [0.25, 0.3) is 0 Å². The van der Waals surface area contributed by atoms with Crippen LogP contribution in [0.4, 0.5) is 26.3 Å². The van der Waals surface area contributed by atoms with E-state index in [1.54, 1.807) is 5.32 Å². The molecule has 15 heavy (non-hydrogen) atoms. The van der Waals surface area contributed by atoms with E-state index in [4.69, 9.17) is 0 Å².